The maximum Gasteiger partial charge on any atom is 0.323 e. The van der Waals surface area contributed by atoms with Crippen LogP contribution in [-0.2, 0) is 4.79 Å². The van der Waals surface area contributed by atoms with Crippen molar-refractivity contribution in [3.63, 3.8) is 0 Å². The van der Waals surface area contributed by atoms with Gasteiger partial charge in [-0.1, -0.05) is 0 Å². The Morgan fingerprint density at radius 1 is 1.43 bits per heavy atom. The van der Waals surface area contributed by atoms with Crippen molar-refractivity contribution in [2.45, 2.75) is 33.3 Å². The lowest BCUT2D eigenvalue weighted by molar-refractivity contribution is -0.125. The minimum Gasteiger partial charge on any atom is -0.461 e. The zero-order valence-electron chi connectivity index (χ0n) is 12.5. The highest BCUT2D eigenvalue weighted by Gasteiger charge is 2.40. The minimum absolute atomic E-state index is 0.0691. The lowest BCUT2D eigenvalue weighted by atomic mass is 9.89. The first-order chi connectivity index (χ1) is 9.84. The van der Waals surface area contributed by atoms with Crippen molar-refractivity contribution in [3.8, 4) is 6.01 Å². The molecule has 0 spiro atoms. The first-order valence-electron chi connectivity index (χ1n) is 6.78. The highest BCUT2D eigenvalue weighted by atomic mass is 16.5. The van der Waals surface area contributed by atoms with Gasteiger partial charge < -0.3 is 15.4 Å². The molecule has 1 aliphatic rings. The van der Waals surface area contributed by atoms with Crippen LogP contribution in [0.4, 0.5) is 11.9 Å². The first-order valence-corrected chi connectivity index (χ1v) is 6.78. The predicted molar refractivity (Wildman–Crippen MR) is 77.5 cm³/mol. The van der Waals surface area contributed by atoms with Gasteiger partial charge in [-0.15, -0.1) is 0 Å². The van der Waals surface area contributed by atoms with Crippen LogP contribution in [-0.4, -0.2) is 40.1 Å². The third kappa shape index (κ3) is 3.30. The molecule has 1 aliphatic heterocycles. The standard InChI is InChI=1S/C12H21N7O2/c1-7(2)21-11-16-9(18-14)15-10(17-11)19-5-4-12(3,6-19)8(13)20/h7H,4-6,14H2,1-3H3,(H2,13,20)(H,15,16,17,18). The molecule has 9 nitrogen and oxygen atoms in total. The highest BCUT2D eigenvalue weighted by molar-refractivity contribution is 5.81. The molecule has 1 amide bonds. The van der Waals surface area contributed by atoms with E-state index in [0.717, 1.165) is 0 Å². The Bertz CT molecular complexity index is 536. The van der Waals surface area contributed by atoms with Crippen molar-refractivity contribution >= 4 is 17.8 Å². The maximum atomic E-state index is 11.5. The number of nitrogens with two attached hydrogens (primary N) is 2. The summed E-state index contributed by atoms with van der Waals surface area (Å²) in [7, 11) is 0. The summed E-state index contributed by atoms with van der Waals surface area (Å²) in [5.41, 5.74) is 7.25. The average Bonchev–Trinajstić information content (AvgIpc) is 2.82. The fourth-order valence-electron chi connectivity index (χ4n) is 2.15. The number of nitrogens with one attached hydrogen (secondary N) is 1. The summed E-state index contributed by atoms with van der Waals surface area (Å²) in [6.07, 6.45) is 0.583. The highest BCUT2D eigenvalue weighted by Crippen LogP contribution is 2.32. The van der Waals surface area contributed by atoms with Gasteiger partial charge >= 0.3 is 6.01 Å². The zero-order chi connectivity index (χ0) is 15.6. The number of hydrogen-bond donors (Lipinski definition) is 3. The van der Waals surface area contributed by atoms with Crippen molar-refractivity contribution in [2.75, 3.05) is 23.4 Å². The number of anilines is 2. The lowest BCUT2D eigenvalue weighted by Crippen LogP contribution is -2.37. The van der Waals surface area contributed by atoms with Gasteiger partial charge in [-0.2, -0.15) is 15.0 Å². The molecular formula is C12H21N7O2. The molecule has 1 saturated heterocycles. The SMILES string of the molecule is CC(C)Oc1nc(NN)nc(N2CCC(C)(C(N)=O)C2)n1. The van der Waals surface area contributed by atoms with Gasteiger partial charge in [0.25, 0.3) is 0 Å². The summed E-state index contributed by atoms with van der Waals surface area (Å²) in [5, 5.41) is 0. The van der Waals surface area contributed by atoms with Crippen LogP contribution in [0.1, 0.15) is 27.2 Å². The van der Waals surface area contributed by atoms with Gasteiger partial charge in [0.15, 0.2) is 0 Å². The Hall–Kier alpha value is -2.16. The van der Waals surface area contributed by atoms with Crippen LogP contribution in [0.2, 0.25) is 0 Å². The molecule has 5 N–H and O–H groups in total. The van der Waals surface area contributed by atoms with E-state index in [1.807, 2.05) is 25.7 Å². The summed E-state index contributed by atoms with van der Waals surface area (Å²) < 4.78 is 5.48. The fourth-order valence-corrected chi connectivity index (χ4v) is 2.15. The number of nitrogen functional groups attached to an aromatic ring is 1. The minimum atomic E-state index is -0.581. The second-order valence-electron chi connectivity index (χ2n) is 5.65. The number of primary amides is 1. The Morgan fingerprint density at radius 2 is 2.14 bits per heavy atom. The van der Waals surface area contributed by atoms with E-state index in [0.29, 0.717) is 25.5 Å². The Kier molecular flexibility index (Phi) is 4.12. The number of aromatic nitrogens is 3. The van der Waals surface area contributed by atoms with Gasteiger partial charge in [0.2, 0.25) is 17.8 Å². The molecule has 1 atom stereocenters. The average molecular weight is 295 g/mol. The fraction of sp³-hybridized carbons (Fsp3) is 0.667. The second kappa shape index (κ2) is 5.68. The molecule has 0 aliphatic carbocycles. The smallest absolute Gasteiger partial charge is 0.323 e. The van der Waals surface area contributed by atoms with Crippen molar-refractivity contribution in [3.05, 3.63) is 0 Å². The molecule has 21 heavy (non-hydrogen) atoms. The van der Waals surface area contributed by atoms with E-state index in [1.54, 1.807) is 0 Å². The van der Waals surface area contributed by atoms with E-state index in [4.69, 9.17) is 16.3 Å². The van der Waals surface area contributed by atoms with Crippen molar-refractivity contribution in [1.29, 1.82) is 0 Å². The number of nitrogens with zero attached hydrogens (tertiary/aromatic N) is 4. The third-order valence-electron chi connectivity index (χ3n) is 3.42. The normalized spacial score (nSPS) is 21.7. The quantitative estimate of drug-likeness (QED) is 0.496. The van der Waals surface area contributed by atoms with Crippen molar-refractivity contribution in [1.82, 2.24) is 15.0 Å². The van der Waals surface area contributed by atoms with E-state index in [2.05, 4.69) is 20.4 Å². The lowest BCUT2D eigenvalue weighted by Gasteiger charge is -2.21. The van der Waals surface area contributed by atoms with Gasteiger partial charge in [0, 0.05) is 13.1 Å². The van der Waals surface area contributed by atoms with E-state index in [9.17, 15) is 4.79 Å². The summed E-state index contributed by atoms with van der Waals surface area (Å²) in [6.45, 7) is 6.67. The van der Waals surface area contributed by atoms with E-state index < -0.39 is 5.41 Å². The number of amides is 1. The van der Waals surface area contributed by atoms with Gasteiger partial charge in [-0.05, 0) is 27.2 Å². The molecule has 0 saturated carbocycles. The van der Waals surface area contributed by atoms with Crippen LogP contribution in [0, 0.1) is 5.41 Å². The maximum absolute atomic E-state index is 11.5. The van der Waals surface area contributed by atoms with Crippen LogP contribution in [0.25, 0.3) is 0 Å². The van der Waals surface area contributed by atoms with Crippen LogP contribution in [0.3, 0.4) is 0 Å². The monoisotopic (exact) mass is 295 g/mol. The summed E-state index contributed by atoms with van der Waals surface area (Å²) in [4.78, 5) is 25.9. The number of hydrazine groups is 1. The van der Waals surface area contributed by atoms with E-state index in [-0.39, 0.29) is 24.0 Å². The molecule has 1 aromatic rings. The summed E-state index contributed by atoms with van der Waals surface area (Å²) in [6, 6.07) is 0.190. The molecule has 0 aromatic carbocycles. The van der Waals surface area contributed by atoms with Gasteiger partial charge in [0.05, 0.1) is 11.5 Å². The van der Waals surface area contributed by atoms with Crippen LogP contribution < -0.4 is 26.6 Å². The Morgan fingerprint density at radius 3 is 2.67 bits per heavy atom. The molecule has 1 fully saturated rings. The molecule has 0 radical (unpaired) electrons. The number of carbonyl (C=O) groups is 1. The molecule has 0 bridgehead atoms. The molecule has 1 aromatic heterocycles. The number of hydrogen-bond acceptors (Lipinski definition) is 8. The Labute approximate surface area is 123 Å². The van der Waals surface area contributed by atoms with Crippen molar-refractivity contribution < 1.29 is 9.53 Å². The Balaban J connectivity index is 2.25. The topological polar surface area (TPSA) is 132 Å². The van der Waals surface area contributed by atoms with Crippen LogP contribution in [0.15, 0.2) is 0 Å². The zero-order valence-corrected chi connectivity index (χ0v) is 12.5. The predicted octanol–water partition coefficient (Wildman–Crippen LogP) is -0.354. The van der Waals surface area contributed by atoms with Gasteiger partial charge in [0.1, 0.15) is 0 Å². The molecule has 116 valence electrons. The van der Waals surface area contributed by atoms with Gasteiger partial charge in [-0.3, -0.25) is 10.2 Å². The number of rotatable bonds is 5. The van der Waals surface area contributed by atoms with E-state index >= 15 is 0 Å². The van der Waals surface area contributed by atoms with E-state index in [1.165, 1.54) is 0 Å². The number of carbonyl (C=O) groups excluding carboxylic acids is 1. The first kappa shape index (κ1) is 15.2. The molecule has 9 heteroatoms. The van der Waals surface area contributed by atoms with Crippen LogP contribution >= 0.6 is 0 Å². The third-order valence-corrected chi connectivity index (χ3v) is 3.42. The number of ether oxygens (including phenoxy) is 1. The second-order valence-corrected chi connectivity index (χ2v) is 5.65. The largest absolute Gasteiger partial charge is 0.461 e. The summed E-state index contributed by atoms with van der Waals surface area (Å²) in [5.74, 6) is 5.67. The van der Waals surface area contributed by atoms with Crippen molar-refractivity contribution in [2.24, 2.45) is 17.0 Å². The summed E-state index contributed by atoms with van der Waals surface area (Å²) >= 11 is 0. The molecule has 2 heterocycles. The molecule has 1 unspecified atom stereocenters. The molecule has 2 rings (SSSR count). The molecular weight excluding hydrogens is 274 g/mol. The van der Waals surface area contributed by atoms with Crippen LogP contribution in [0.5, 0.6) is 6.01 Å². The van der Waals surface area contributed by atoms with Gasteiger partial charge in [-0.25, -0.2) is 5.84 Å².